The lowest BCUT2D eigenvalue weighted by Gasteiger charge is -2.28. The quantitative estimate of drug-likeness (QED) is 0.865. The third kappa shape index (κ3) is 4.94. The second-order valence-electron chi connectivity index (χ2n) is 5.83. The average Bonchev–Trinajstić information content (AvgIpc) is 2.35. The van der Waals surface area contributed by atoms with Crippen LogP contribution in [0.3, 0.4) is 0 Å². The molecule has 0 aromatic heterocycles. The third-order valence-corrected chi connectivity index (χ3v) is 3.04. The van der Waals surface area contributed by atoms with Gasteiger partial charge in [-0.15, -0.1) is 0 Å². The lowest BCUT2D eigenvalue weighted by Crippen LogP contribution is -2.41. The van der Waals surface area contributed by atoms with Gasteiger partial charge in [0.2, 0.25) is 0 Å². The highest BCUT2D eigenvalue weighted by Crippen LogP contribution is 2.12. The first-order chi connectivity index (χ1) is 9.31. The van der Waals surface area contributed by atoms with Crippen molar-refractivity contribution in [2.75, 3.05) is 20.6 Å². The Bertz CT molecular complexity index is 425. The number of aliphatic hydroxyl groups is 1. The van der Waals surface area contributed by atoms with Gasteiger partial charge in [0, 0.05) is 24.7 Å². The van der Waals surface area contributed by atoms with Gasteiger partial charge in [-0.2, -0.15) is 0 Å². The fraction of sp³-hybridized carbons (Fsp3) is 0.562. The zero-order valence-corrected chi connectivity index (χ0v) is 13.1. The van der Waals surface area contributed by atoms with Crippen LogP contribution in [0.2, 0.25) is 0 Å². The number of carbonyl (C=O) groups excluding carboxylic acids is 1. The summed E-state index contributed by atoms with van der Waals surface area (Å²) in [6, 6.07) is 7.75. The summed E-state index contributed by atoms with van der Waals surface area (Å²) in [5.41, 5.74) is 1.85. The van der Waals surface area contributed by atoms with E-state index in [-0.39, 0.29) is 11.9 Å². The molecule has 0 radical (unpaired) electrons. The van der Waals surface area contributed by atoms with Gasteiger partial charge < -0.3 is 14.9 Å². The van der Waals surface area contributed by atoms with Gasteiger partial charge >= 0.3 is 0 Å². The molecular formula is C16H26N2O2. The lowest BCUT2D eigenvalue weighted by atomic mass is 10.1. The minimum atomic E-state index is -0.519. The minimum absolute atomic E-state index is 0.0303. The Morgan fingerprint density at radius 3 is 2.10 bits per heavy atom. The Kier molecular flexibility index (Phi) is 6.17. The fourth-order valence-electron chi connectivity index (χ4n) is 2.10. The van der Waals surface area contributed by atoms with E-state index in [9.17, 15) is 9.90 Å². The van der Waals surface area contributed by atoms with E-state index < -0.39 is 6.10 Å². The normalized spacial score (nSPS) is 12.8. The summed E-state index contributed by atoms with van der Waals surface area (Å²) in [7, 11) is 4.03. The first kappa shape index (κ1) is 16.7. The Labute approximate surface area is 122 Å². The van der Waals surface area contributed by atoms with Crippen LogP contribution < -0.4 is 0 Å². The van der Waals surface area contributed by atoms with Crippen LogP contribution in [-0.4, -0.2) is 53.6 Å². The molecule has 0 spiro atoms. The molecule has 1 unspecified atom stereocenters. The molecule has 4 nitrogen and oxygen atoms in total. The summed E-state index contributed by atoms with van der Waals surface area (Å²) in [4.78, 5) is 16.2. The van der Waals surface area contributed by atoms with Crippen molar-refractivity contribution in [1.29, 1.82) is 0 Å². The number of aliphatic hydroxyl groups excluding tert-OH is 1. The maximum Gasteiger partial charge on any atom is 0.254 e. The van der Waals surface area contributed by atoms with Crippen LogP contribution in [0.4, 0.5) is 0 Å². The van der Waals surface area contributed by atoms with E-state index in [0.29, 0.717) is 12.1 Å². The van der Waals surface area contributed by atoms with Crippen molar-refractivity contribution in [3.63, 3.8) is 0 Å². The largest absolute Gasteiger partial charge is 0.392 e. The van der Waals surface area contributed by atoms with Gasteiger partial charge in [0.25, 0.3) is 5.91 Å². The van der Waals surface area contributed by atoms with Crippen LogP contribution >= 0.6 is 0 Å². The van der Waals surface area contributed by atoms with E-state index in [1.165, 1.54) is 5.56 Å². The Balaban J connectivity index is 2.84. The average molecular weight is 278 g/mol. The number of amides is 1. The molecule has 1 amide bonds. The molecule has 0 bridgehead atoms. The summed E-state index contributed by atoms with van der Waals surface area (Å²) in [6.45, 7) is 6.83. The topological polar surface area (TPSA) is 43.8 Å². The Morgan fingerprint density at radius 1 is 1.15 bits per heavy atom. The third-order valence-electron chi connectivity index (χ3n) is 3.04. The Morgan fingerprint density at radius 2 is 1.70 bits per heavy atom. The van der Waals surface area contributed by atoms with Gasteiger partial charge in [0.05, 0.1) is 6.10 Å². The highest BCUT2D eigenvalue weighted by molar-refractivity contribution is 5.94. The van der Waals surface area contributed by atoms with Crippen molar-refractivity contribution in [3.05, 3.63) is 35.4 Å². The summed E-state index contributed by atoms with van der Waals surface area (Å²) in [6.07, 6.45) is -0.519. The number of hydrogen-bond acceptors (Lipinski definition) is 3. The first-order valence-corrected chi connectivity index (χ1v) is 7.04. The van der Waals surface area contributed by atoms with Crippen molar-refractivity contribution in [2.24, 2.45) is 0 Å². The maximum absolute atomic E-state index is 12.5. The highest BCUT2D eigenvalue weighted by Gasteiger charge is 2.20. The van der Waals surface area contributed by atoms with Crippen LogP contribution in [0.1, 0.15) is 36.7 Å². The number of rotatable bonds is 6. The molecule has 20 heavy (non-hydrogen) atoms. The van der Waals surface area contributed by atoms with Gasteiger partial charge in [-0.05, 0) is 52.6 Å². The number of hydrogen-bond donors (Lipinski definition) is 1. The molecule has 0 aliphatic rings. The van der Waals surface area contributed by atoms with Crippen LogP contribution in [0.25, 0.3) is 0 Å². The van der Waals surface area contributed by atoms with Gasteiger partial charge in [0.1, 0.15) is 0 Å². The van der Waals surface area contributed by atoms with Crippen LogP contribution in [-0.2, 0) is 6.54 Å². The molecule has 0 aliphatic carbocycles. The number of nitrogens with zero attached hydrogens (tertiary/aromatic N) is 2. The van der Waals surface area contributed by atoms with Gasteiger partial charge in [-0.25, -0.2) is 0 Å². The smallest absolute Gasteiger partial charge is 0.254 e. The SMILES string of the molecule is CC(O)CN(C(=O)c1ccc(CN(C)C)cc1)C(C)C. The molecule has 0 fully saturated rings. The molecule has 1 atom stereocenters. The highest BCUT2D eigenvalue weighted by atomic mass is 16.3. The van der Waals surface area contributed by atoms with Gasteiger partial charge in [-0.3, -0.25) is 4.79 Å². The van der Waals surface area contributed by atoms with E-state index in [0.717, 1.165) is 6.54 Å². The first-order valence-electron chi connectivity index (χ1n) is 7.04. The standard InChI is InChI=1S/C16H26N2O2/c1-12(2)18(10-13(3)19)16(20)15-8-6-14(7-9-15)11-17(4)5/h6-9,12-13,19H,10-11H2,1-5H3. The number of benzene rings is 1. The minimum Gasteiger partial charge on any atom is -0.392 e. The zero-order chi connectivity index (χ0) is 15.3. The molecule has 1 rings (SSSR count). The Hall–Kier alpha value is -1.39. The molecule has 1 aromatic carbocycles. The molecular weight excluding hydrogens is 252 g/mol. The van der Waals surface area contributed by atoms with E-state index >= 15 is 0 Å². The summed E-state index contributed by atoms with van der Waals surface area (Å²) in [5.74, 6) is -0.0303. The second kappa shape index (κ2) is 7.41. The van der Waals surface area contributed by atoms with Crippen molar-refractivity contribution >= 4 is 5.91 Å². The van der Waals surface area contributed by atoms with Gasteiger partial charge in [0.15, 0.2) is 0 Å². The molecule has 112 valence electrons. The van der Waals surface area contributed by atoms with Crippen molar-refractivity contribution in [2.45, 2.75) is 39.5 Å². The molecule has 1 aromatic rings. The van der Waals surface area contributed by atoms with Crippen molar-refractivity contribution in [1.82, 2.24) is 9.80 Å². The molecule has 0 heterocycles. The number of carbonyl (C=O) groups is 1. The van der Waals surface area contributed by atoms with Crippen LogP contribution in [0.5, 0.6) is 0 Å². The maximum atomic E-state index is 12.5. The summed E-state index contributed by atoms with van der Waals surface area (Å²) in [5, 5.41) is 9.51. The fourth-order valence-corrected chi connectivity index (χ4v) is 2.10. The molecule has 1 N–H and O–H groups in total. The summed E-state index contributed by atoms with van der Waals surface area (Å²) < 4.78 is 0. The predicted molar refractivity (Wildman–Crippen MR) is 81.7 cm³/mol. The molecule has 4 heteroatoms. The molecule has 0 saturated carbocycles. The van der Waals surface area contributed by atoms with Crippen LogP contribution in [0, 0.1) is 0 Å². The van der Waals surface area contributed by atoms with E-state index in [4.69, 9.17) is 0 Å². The molecule has 0 saturated heterocycles. The van der Waals surface area contributed by atoms with E-state index in [2.05, 4.69) is 4.90 Å². The van der Waals surface area contributed by atoms with Gasteiger partial charge in [-0.1, -0.05) is 12.1 Å². The van der Waals surface area contributed by atoms with E-state index in [1.807, 2.05) is 52.2 Å². The van der Waals surface area contributed by atoms with E-state index in [1.54, 1.807) is 11.8 Å². The monoisotopic (exact) mass is 278 g/mol. The zero-order valence-electron chi connectivity index (χ0n) is 13.1. The predicted octanol–water partition coefficient (Wildman–Crippen LogP) is 1.98. The molecule has 0 aliphatic heterocycles. The van der Waals surface area contributed by atoms with Crippen molar-refractivity contribution in [3.8, 4) is 0 Å². The second-order valence-corrected chi connectivity index (χ2v) is 5.83. The van der Waals surface area contributed by atoms with Crippen molar-refractivity contribution < 1.29 is 9.90 Å². The van der Waals surface area contributed by atoms with Crippen LogP contribution in [0.15, 0.2) is 24.3 Å². The lowest BCUT2D eigenvalue weighted by molar-refractivity contribution is 0.0579. The summed E-state index contributed by atoms with van der Waals surface area (Å²) >= 11 is 0.